The van der Waals surface area contributed by atoms with Crippen LogP contribution in [-0.4, -0.2) is 36.1 Å². The van der Waals surface area contributed by atoms with Crippen LogP contribution in [0.5, 0.6) is 5.75 Å². The molecule has 0 bridgehead atoms. The second-order valence-electron chi connectivity index (χ2n) is 4.24. The molecule has 0 aromatic heterocycles. The van der Waals surface area contributed by atoms with Gasteiger partial charge < -0.3 is 20.3 Å². The number of hydrogen-bond acceptors (Lipinski definition) is 4. The predicted molar refractivity (Wildman–Crippen MR) is 67.0 cm³/mol. The third-order valence-electron chi connectivity index (χ3n) is 3.20. The van der Waals surface area contributed by atoms with Crippen molar-refractivity contribution in [3.63, 3.8) is 0 Å². The van der Waals surface area contributed by atoms with Crippen LogP contribution in [0, 0.1) is 5.82 Å². The Kier molecular flexibility index (Phi) is 5.53. The van der Waals surface area contributed by atoms with E-state index in [4.69, 9.17) is 4.74 Å². The Balaban J connectivity index is 2.79. The van der Waals surface area contributed by atoms with Crippen molar-refractivity contribution in [1.29, 1.82) is 0 Å². The van der Waals surface area contributed by atoms with Gasteiger partial charge >= 0.3 is 0 Å². The maximum absolute atomic E-state index is 13.9. The monoisotopic (exact) mass is 257 g/mol. The molecule has 0 fully saturated rings. The first-order valence-corrected chi connectivity index (χ1v) is 5.90. The lowest BCUT2D eigenvalue weighted by atomic mass is 9.98. The Hall–Kier alpha value is -1.17. The average molecular weight is 257 g/mol. The predicted octanol–water partition coefficient (Wildman–Crippen LogP) is 1.06. The smallest absolute Gasteiger partial charge is 0.169 e. The molecule has 0 amide bonds. The van der Waals surface area contributed by atoms with Gasteiger partial charge in [-0.15, -0.1) is 0 Å². The molecule has 1 rings (SSSR count). The van der Waals surface area contributed by atoms with Crippen LogP contribution in [0.3, 0.4) is 0 Å². The molecule has 0 spiro atoms. The topological polar surface area (TPSA) is 61.7 Å². The number of aliphatic hydroxyl groups excluding tert-OH is 2. The molecule has 0 aliphatic rings. The van der Waals surface area contributed by atoms with Crippen molar-refractivity contribution in [2.24, 2.45) is 0 Å². The molecular weight excluding hydrogens is 237 g/mol. The molecule has 0 atom stereocenters. The zero-order valence-electron chi connectivity index (χ0n) is 10.7. The Labute approximate surface area is 106 Å². The third kappa shape index (κ3) is 3.19. The zero-order valence-corrected chi connectivity index (χ0v) is 10.7. The van der Waals surface area contributed by atoms with Crippen LogP contribution in [0.1, 0.15) is 18.9 Å². The van der Waals surface area contributed by atoms with Crippen LogP contribution >= 0.6 is 0 Å². The molecule has 102 valence electrons. The Bertz CT molecular complexity index is 372. The van der Waals surface area contributed by atoms with Gasteiger partial charge in [0, 0.05) is 12.1 Å². The molecule has 3 N–H and O–H groups in total. The van der Waals surface area contributed by atoms with Crippen LogP contribution in [0.15, 0.2) is 18.2 Å². The zero-order chi connectivity index (χ0) is 13.6. The summed E-state index contributed by atoms with van der Waals surface area (Å²) in [5.74, 6) is -0.238. The lowest BCUT2D eigenvalue weighted by molar-refractivity contribution is 0.0861. The van der Waals surface area contributed by atoms with Crippen LogP contribution in [0.2, 0.25) is 0 Å². The molecular formula is C13H20FNO3. The van der Waals surface area contributed by atoms with E-state index in [1.54, 1.807) is 18.2 Å². The highest BCUT2D eigenvalue weighted by Gasteiger charge is 2.26. The van der Waals surface area contributed by atoms with E-state index < -0.39 is 11.4 Å². The lowest BCUT2D eigenvalue weighted by Crippen LogP contribution is -2.50. The van der Waals surface area contributed by atoms with Crippen molar-refractivity contribution < 1.29 is 19.3 Å². The van der Waals surface area contributed by atoms with E-state index in [0.717, 1.165) is 0 Å². The van der Waals surface area contributed by atoms with Crippen molar-refractivity contribution in [1.82, 2.24) is 5.32 Å². The highest BCUT2D eigenvalue weighted by Crippen LogP contribution is 2.20. The van der Waals surface area contributed by atoms with Gasteiger partial charge in [0.25, 0.3) is 0 Å². The minimum absolute atomic E-state index is 0.185. The number of nitrogens with one attached hydrogen (secondary N) is 1. The van der Waals surface area contributed by atoms with Crippen molar-refractivity contribution >= 4 is 0 Å². The van der Waals surface area contributed by atoms with Gasteiger partial charge in [-0.05, 0) is 12.5 Å². The largest absolute Gasteiger partial charge is 0.494 e. The second kappa shape index (κ2) is 6.68. The van der Waals surface area contributed by atoms with Gasteiger partial charge in [-0.2, -0.15) is 0 Å². The molecule has 1 aromatic rings. The van der Waals surface area contributed by atoms with Crippen LogP contribution in [0.4, 0.5) is 4.39 Å². The average Bonchev–Trinajstić information content (AvgIpc) is 2.42. The molecule has 4 nitrogen and oxygen atoms in total. The molecule has 0 saturated heterocycles. The maximum atomic E-state index is 13.9. The van der Waals surface area contributed by atoms with Crippen molar-refractivity contribution in [2.75, 3.05) is 20.3 Å². The third-order valence-corrected chi connectivity index (χ3v) is 3.20. The standard InChI is InChI=1S/C13H20FNO3/c1-3-13(8-16,9-17)15-7-10-5-4-6-11(18-2)12(10)14/h4-6,15-17H,3,7-9H2,1-2H3. The van der Waals surface area contributed by atoms with E-state index in [0.29, 0.717) is 12.0 Å². The van der Waals surface area contributed by atoms with Crippen LogP contribution in [0.25, 0.3) is 0 Å². The summed E-state index contributed by atoms with van der Waals surface area (Å²) in [6.45, 7) is 1.66. The van der Waals surface area contributed by atoms with Crippen molar-refractivity contribution in [3.8, 4) is 5.75 Å². The summed E-state index contributed by atoms with van der Waals surface area (Å²) in [7, 11) is 1.41. The first-order valence-electron chi connectivity index (χ1n) is 5.90. The quantitative estimate of drug-likeness (QED) is 0.683. The molecule has 0 aliphatic heterocycles. The minimum atomic E-state index is -0.782. The van der Waals surface area contributed by atoms with Crippen molar-refractivity contribution in [3.05, 3.63) is 29.6 Å². The summed E-state index contributed by atoms with van der Waals surface area (Å²) >= 11 is 0. The van der Waals surface area contributed by atoms with Gasteiger partial charge in [0.2, 0.25) is 0 Å². The second-order valence-corrected chi connectivity index (χ2v) is 4.24. The summed E-state index contributed by atoms with van der Waals surface area (Å²) in [5, 5.41) is 21.6. The Morgan fingerprint density at radius 1 is 1.33 bits per heavy atom. The SMILES string of the molecule is CCC(CO)(CO)NCc1cccc(OC)c1F. The summed E-state index contributed by atoms with van der Waals surface area (Å²) in [6, 6.07) is 4.88. The van der Waals surface area contributed by atoms with E-state index in [-0.39, 0.29) is 25.5 Å². The van der Waals surface area contributed by atoms with Crippen LogP contribution < -0.4 is 10.1 Å². The van der Waals surface area contributed by atoms with Crippen molar-refractivity contribution in [2.45, 2.75) is 25.4 Å². The molecule has 0 aliphatic carbocycles. The van der Waals surface area contributed by atoms with E-state index in [1.165, 1.54) is 7.11 Å². The molecule has 5 heteroatoms. The van der Waals surface area contributed by atoms with E-state index in [1.807, 2.05) is 6.92 Å². The number of benzene rings is 1. The van der Waals surface area contributed by atoms with Gasteiger partial charge in [-0.1, -0.05) is 19.1 Å². The maximum Gasteiger partial charge on any atom is 0.169 e. The normalized spacial score (nSPS) is 11.6. The van der Waals surface area contributed by atoms with Gasteiger partial charge in [0.1, 0.15) is 0 Å². The van der Waals surface area contributed by atoms with E-state index >= 15 is 0 Å². The fourth-order valence-corrected chi connectivity index (χ4v) is 1.64. The molecule has 0 saturated carbocycles. The van der Waals surface area contributed by atoms with Gasteiger partial charge in [-0.3, -0.25) is 0 Å². The highest BCUT2D eigenvalue weighted by molar-refractivity contribution is 5.31. The number of methoxy groups -OCH3 is 1. The fraction of sp³-hybridized carbons (Fsp3) is 0.538. The summed E-state index contributed by atoms with van der Waals surface area (Å²) in [4.78, 5) is 0. The van der Waals surface area contributed by atoms with Crippen LogP contribution in [-0.2, 0) is 6.54 Å². The summed E-state index contributed by atoms with van der Waals surface area (Å²) in [5.41, 5.74) is -0.343. The first-order chi connectivity index (χ1) is 8.62. The summed E-state index contributed by atoms with van der Waals surface area (Å²) < 4.78 is 18.8. The number of ether oxygens (including phenoxy) is 1. The molecule has 0 radical (unpaired) electrons. The number of rotatable bonds is 7. The number of aliphatic hydroxyl groups is 2. The first kappa shape index (κ1) is 14.9. The molecule has 1 aromatic carbocycles. The molecule has 0 heterocycles. The molecule has 18 heavy (non-hydrogen) atoms. The van der Waals surface area contributed by atoms with Gasteiger partial charge in [0.05, 0.1) is 25.9 Å². The number of hydrogen-bond donors (Lipinski definition) is 3. The Morgan fingerprint density at radius 3 is 2.50 bits per heavy atom. The van der Waals surface area contributed by atoms with E-state index in [9.17, 15) is 14.6 Å². The highest BCUT2D eigenvalue weighted by atomic mass is 19.1. The van der Waals surface area contributed by atoms with E-state index in [2.05, 4.69) is 5.32 Å². The Morgan fingerprint density at radius 2 is 2.00 bits per heavy atom. The minimum Gasteiger partial charge on any atom is -0.494 e. The fourth-order valence-electron chi connectivity index (χ4n) is 1.64. The summed E-state index contributed by atoms with van der Waals surface area (Å²) in [6.07, 6.45) is 0.547. The molecule has 0 unspecified atom stereocenters. The lowest BCUT2D eigenvalue weighted by Gasteiger charge is -2.30. The van der Waals surface area contributed by atoms with Gasteiger partial charge in [0.15, 0.2) is 11.6 Å². The number of halogens is 1. The van der Waals surface area contributed by atoms with Gasteiger partial charge in [-0.25, -0.2) is 4.39 Å².